The zero-order valence-electron chi connectivity index (χ0n) is 13.3. The summed E-state index contributed by atoms with van der Waals surface area (Å²) in [6.07, 6.45) is 0. The molecule has 1 heterocycles. The van der Waals surface area contributed by atoms with Crippen molar-refractivity contribution in [3.63, 3.8) is 0 Å². The minimum Gasteiger partial charge on any atom is -0.378 e. The zero-order valence-corrected chi connectivity index (χ0v) is 14.2. The summed E-state index contributed by atoms with van der Waals surface area (Å²) in [7, 11) is -4.12. The second-order valence-corrected chi connectivity index (χ2v) is 7.30. The standard InChI is InChI=1S/C17H15NO5S/c1-9-6-10(2)15(11(3)7-9)23-24(21,22)12-4-5-13-14(8-12)17(20)18-16(13)19/h4-8H,1-3H3,(H,18,19,20). The summed E-state index contributed by atoms with van der Waals surface area (Å²) in [6.45, 7) is 5.44. The van der Waals surface area contributed by atoms with Crippen LogP contribution >= 0.6 is 0 Å². The number of carbonyl (C=O) groups is 2. The molecule has 7 heteroatoms. The maximum absolute atomic E-state index is 12.5. The van der Waals surface area contributed by atoms with Crippen molar-refractivity contribution in [3.8, 4) is 5.75 Å². The largest absolute Gasteiger partial charge is 0.378 e. The number of fused-ring (bicyclic) bond motifs is 1. The fourth-order valence-electron chi connectivity index (χ4n) is 2.76. The molecule has 0 aromatic heterocycles. The van der Waals surface area contributed by atoms with E-state index in [1.54, 1.807) is 13.8 Å². The molecule has 0 saturated heterocycles. The minimum absolute atomic E-state index is 0.0297. The van der Waals surface area contributed by atoms with Crippen molar-refractivity contribution in [2.45, 2.75) is 25.7 Å². The summed E-state index contributed by atoms with van der Waals surface area (Å²) in [5.41, 5.74) is 2.58. The molecule has 1 aliphatic heterocycles. The Hall–Kier alpha value is -2.67. The summed E-state index contributed by atoms with van der Waals surface area (Å²) in [6, 6.07) is 7.37. The third-order valence-corrected chi connectivity index (χ3v) is 5.01. The van der Waals surface area contributed by atoms with Gasteiger partial charge in [-0.25, -0.2) is 0 Å². The topological polar surface area (TPSA) is 89.5 Å². The van der Waals surface area contributed by atoms with Crippen molar-refractivity contribution in [1.82, 2.24) is 5.32 Å². The van der Waals surface area contributed by atoms with Gasteiger partial charge < -0.3 is 4.18 Å². The molecule has 24 heavy (non-hydrogen) atoms. The summed E-state index contributed by atoms with van der Waals surface area (Å²) in [5.74, 6) is -0.888. The lowest BCUT2D eigenvalue weighted by Crippen LogP contribution is -2.19. The van der Waals surface area contributed by atoms with Crippen LogP contribution in [0.15, 0.2) is 35.2 Å². The van der Waals surface area contributed by atoms with E-state index in [-0.39, 0.29) is 21.8 Å². The van der Waals surface area contributed by atoms with Crippen LogP contribution in [0.5, 0.6) is 5.75 Å². The third-order valence-electron chi connectivity index (χ3n) is 3.79. The lowest BCUT2D eigenvalue weighted by Gasteiger charge is -2.13. The van der Waals surface area contributed by atoms with Crippen LogP contribution in [0, 0.1) is 20.8 Å². The Morgan fingerprint density at radius 1 is 0.875 bits per heavy atom. The first-order valence-corrected chi connectivity index (χ1v) is 8.62. The number of amides is 2. The van der Waals surface area contributed by atoms with Crippen LogP contribution in [-0.4, -0.2) is 20.2 Å². The molecule has 0 bridgehead atoms. The molecule has 2 aromatic carbocycles. The molecule has 3 rings (SSSR count). The number of aryl methyl sites for hydroxylation is 3. The molecular formula is C17H15NO5S. The maximum atomic E-state index is 12.5. The second-order valence-electron chi connectivity index (χ2n) is 5.76. The van der Waals surface area contributed by atoms with Gasteiger partial charge in [-0.3, -0.25) is 14.9 Å². The first kappa shape index (κ1) is 16.2. The molecule has 0 atom stereocenters. The number of imide groups is 1. The van der Waals surface area contributed by atoms with E-state index >= 15 is 0 Å². The lowest BCUT2D eigenvalue weighted by atomic mass is 10.1. The van der Waals surface area contributed by atoms with Gasteiger partial charge in [0.1, 0.15) is 10.6 Å². The molecule has 0 fully saturated rings. The van der Waals surface area contributed by atoms with Gasteiger partial charge in [-0.1, -0.05) is 17.7 Å². The highest BCUT2D eigenvalue weighted by Gasteiger charge is 2.29. The molecule has 2 amide bonds. The predicted molar refractivity (Wildman–Crippen MR) is 86.7 cm³/mol. The van der Waals surface area contributed by atoms with E-state index in [1.165, 1.54) is 12.1 Å². The molecule has 1 N–H and O–H groups in total. The first-order chi connectivity index (χ1) is 11.2. The average Bonchev–Trinajstić information content (AvgIpc) is 2.77. The molecule has 6 nitrogen and oxygen atoms in total. The fourth-order valence-corrected chi connectivity index (χ4v) is 3.83. The minimum atomic E-state index is -4.12. The van der Waals surface area contributed by atoms with E-state index in [9.17, 15) is 18.0 Å². The molecular weight excluding hydrogens is 330 g/mol. The Morgan fingerprint density at radius 3 is 2.08 bits per heavy atom. The number of rotatable bonds is 3. The molecule has 0 aliphatic carbocycles. The van der Waals surface area contributed by atoms with Gasteiger partial charge in [-0.15, -0.1) is 0 Å². The van der Waals surface area contributed by atoms with E-state index in [2.05, 4.69) is 5.32 Å². The van der Waals surface area contributed by atoms with Gasteiger partial charge in [0.15, 0.2) is 0 Å². The van der Waals surface area contributed by atoms with Crippen molar-refractivity contribution in [2.75, 3.05) is 0 Å². The average molecular weight is 345 g/mol. The molecule has 0 saturated carbocycles. The Bertz CT molecular complexity index is 969. The summed E-state index contributed by atoms with van der Waals surface area (Å²) < 4.78 is 30.4. The Morgan fingerprint density at radius 2 is 1.46 bits per heavy atom. The van der Waals surface area contributed by atoms with E-state index in [1.807, 2.05) is 19.1 Å². The van der Waals surface area contributed by atoms with Gasteiger partial charge in [0, 0.05) is 0 Å². The summed E-state index contributed by atoms with van der Waals surface area (Å²) in [5, 5.41) is 2.12. The third kappa shape index (κ3) is 2.67. The monoisotopic (exact) mass is 345 g/mol. The van der Waals surface area contributed by atoms with Gasteiger partial charge in [0.2, 0.25) is 0 Å². The van der Waals surface area contributed by atoms with Gasteiger partial charge in [0.25, 0.3) is 11.8 Å². The van der Waals surface area contributed by atoms with Crippen LogP contribution in [-0.2, 0) is 10.1 Å². The van der Waals surface area contributed by atoms with Crippen molar-refractivity contribution < 1.29 is 22.2 Å². The van der Waals surface area contributed by atoms with Crippen molar-refractivity contribution in [3.05, 3.63) is 58.1 Å². The van der Waals surface area contributed by atoms with E-state index < -0.39 is 21.9 Å². The second kappa shape index (κ2) is 5.45. The summed E-state index contributed by atoms with van der Waals surface area (Å²) >= 11 is 0. The highest BCUT2D eigenvalue weighted by molar-refractivity contribution is 7.87. The van der Waals surface area contributed by atoms with Crippen LogP contribution in [0.1, 0.15) is 37.4 Å². The normalized spacial score (nSPS) is 13.6. The lowest BCUT2D eigenvalue weighted by molar-refractivity contribution is 0.0879. The number of nitrogens with one attached hydrogen (secondary N) is 1. The molecule has 1 aliphatic rings. The van der Waals surface area contributed by atoms with Gasteiger partial charge in [0.05, 0.1) is 11.1 Å². The van der Waals surface area contributed by atoms with E-state index in [0.717, 1.165) is 11.6 Å². The number of benzene rings is 2. The molecule has 0 radical (unpaired) electrons. The van der Waals surface area contributed by atoms with E-state index in [0.29, 0.717) is 11.1 Å². The summed E-state index contributed by atoms with van der Waals surface area (Å²) in [4.78, 5) is 23.1. The Kier molecular flexibility index (Phi) is 3.68. The highest BCUT2D eigenvalue weighted by Crippen LogP contribution is 2.29. The molecule has 124 valence electrons. The molecule has 0 spiro atoms. The maximum Gasteiger partial charge on any atom is 0.339 e. The van der Waals surface area contributed by atoms with Crippen molar-refractivity contribution >= 4 is 21.9 Å². The predicted octanol–water partition coefficient (Wildman–Crippen LogP) is 2.26. The molecule has 2 aromatic rings. The van der Waals surface area contributed by atoms with Crippen LogP contribution in [0.25, 0.3) is 0 Å². The van der Waals surface area contributed by atoms with Crippen LogP contribution in [0.3, 0.4) is 0 Å². The quantitative estimate of drug-likeness (QED) is 0.681. The van der Waals surface area contributed by atoms with Crippen LogP contribution in [0.2, 0.25) is 0 Å². The van der Waals surface area contributed by atoms with Crippen molar-refractivity contribution in [2.24, 2.45) is 0 Å². The Labute approximate surface area is 139 Å². The Balaban J connectivity index is 2.03. The number of hydrogen-bond donors (Lipinski definition) is 1. The number of hydrogen-bond acceptors (Lipinski definition) is 5. The molecule has 0 unspecified atom stereocenters. The fraction of sp³-hybridized carbons (Fsp3) is 0.176. The van der Waals surface area contributed by atoms with Crippen LogP contribution in [0.4, 0.5) is 0 Å². The smallest absolute Gasteiger partial charge is 0.339 e. The van der Waals surface area contributed by atoms with Gasteiger partial charge >= 0.3 is 10.1 Å². The van der Waals surface area contributed by atoms with Gasteiger partial charge in [-0.2, -0.15) is 8.42 Å². The highest BCUT2D eigenvalue weighted by atomic mass is 32.2. The number of carbonyl (C=O) groups excluding carboxylic acids is 2. The SMILES string of the molecule is Cc1cc(C)c(OS(=O)(=O)c2ccc3c(c2)C(=O)NC3=O)c(C)c1. The van der Waals surface area contributed by atoms with Crippen molar-refractivity contribution in [1.29, 1.82) is 0 Å². The first-order valence-electron chi connectivity index (χ1n) is 7.21. The van der Waals surface area contributed by atoms with Gasteiger partial charge in [-0.05, 0) is 50.1 Å². The van der Waals surface area contributed by atoms with Crippen LogP contribution < -0.4 is 9.50 Å². The van der Waals surface area contributed by atoms with E-state index in [4.69, 9.17) is 4.18 Å². The zero-order chi connectivity index (χ0) is 17.6.